The molecule has 2 rings (SSSR count). The number of hydrogen-bond acceptors (Lipinski definition) is 5. The Balaban J connectivity index is 1.98. The third kappa shape index (κ3) is 4.13. The van der Waals surface area contributed by atoms with E-state index in [0.717, 1.165) is 16.8 Å². The number of nitrogens with zero attached hydrogens (tertiary/aromatic N) is 1. The van der Waals surface area contributed by atoms with Crippen LogP contribution in [0.4, 0.5) is 0 Å². The number of benzene rings is 1. The fraction of sp³-hybridized carbons (Fsp3) is 0.400. The minimum Gasteiger partial charge on any atom is -0.460 e. The predicted octanol–water partition coefficient (Wildman–Crippen LogP) is 3.02. The monoisotopic (exact) mass is 291 g/mol. The normalized spacial score (nSPS) is 14.8. The molecule has 1 aliphatic heterocycles. The number of rotatable bonds is 3. The molecule has 0 amide bonds. The van der Waals surface area contributed by atoms with Crippen molar-refractivity contribution in [3.8, 4) is 0 Å². The molecule has 0 saturated heterocycles. The highest BCUT2D eigenvalue weighted by molar-refractivity contribution is 7.80. The largest absolute Gasteiger partial charge is 0.460 e. The van der Waals surface area contributed by atoms with Gasteiger partial charge >= 0.3 is 5.97 Å². The predicted molar refractivity (Wildman–Crippen MR) is 80.8 cm³/mol. The van der Waals surface area contributed by atoms with Crippen molar-refractivity contribution in [3.63, 3.8) is 0 Å². The average molecular weight is 291 g/mol. The highest BCUT2D eigenvalue weighted by Gasteiger charge is 2.18. The fourth-order valence-corrected chi connectivity index (χ4v) is 2.00. The molecule has 1 heterocycles. The van der Waals surface area contributed by atoms with Gasteiger partial charge < -0.3 is 9.57 Å². The standard InChI is InChI=1S/C15H17NO3S/c1-15(2,3)18-13(17)8-10-4-6-11(7-5-10)12-9-14(20)19-16-12/h4-7H,8-9H2,1-3H3. The summed E-state index contributed by atoms with van der Waals surface area (Å²) in [7, 11) is 0. The molecule has 0 N–H and O–H groups in total. The van der Waals surface area contributed by atoms with E-state index in [-0.39, 0.29) is 12.4 Å². The Labute approximate surface area is 123 Å². The summed E-state index contributed by atoms with van der Waals surface area (Å²) in [5.41, 5.74) is 2.23. The number of ether oxygens (including phenoxy) is 1. The number of oxime groups is 1. The lowest BCUT2D eigenvalue weighted by molar-refractivity contribution is -0.153. The first kappa shape index (κ1) is 14.7. The van der Waals surface area contributed by atoms with Gasteiger partial charge in [0.2, 0.25) is 5.05 Å². The van der Waals surface area contributed by atoms with Gasteiger partial charge in [0.1, 0.15) is 5.60 Å². The van der Waals surface area contributed by atoms with Gasteiger partial charge in [-0.25, -0.2) is 0 Å². The minimum absolute atomic E-state index is 0.229. The maximum atomic E-state index is 11.7. The molecule has 0 aliphatic carbocycles. The van der Waals surface area contributed by atoms with Crippen LogP contribution >= 0.6 is 12.2 Å². The molecular weight excluding hydrogens is 274 g/mol. The van der Waals surface area contributed by atoms with E-state index in [1.54, 1.807) is 0 Å². The van der Waals surface area contributed by atoms with Gasteiger partial charge in [0.15, 0.2) is 0 Å². The number of esters is 1. The van der Waals surface area contributed by atoms with E-state index in [0.29, 0.717) is 11.5 Å². The highest BCUT2D eigenvalue weighted by Crippen LogP contribution is 2.15. The zero-order chi connectivity index (χ0) is 14.8. The summed E-state index contributed by atoms with van der Waals surface area (Å²) in [5.74, 6) is -0.229. The van der Waals surface area contributed by atoms with Crippen LogP contribution in [0.3, 0.4) is 0 Å². The SMILES string of the molecule is CC(C)(C)OC(=O)Cc1ccc(C2=NOC(=S)C2)cc1. The molecule has 5 heteroatoms. The first-order valence-electron chi connectivity index (χ1n) is 6.41. The van der Waals surface area contributed by atoms with Crippen molar-refractivity contribution in [1.82, 2.24) is 0 Å². The Kier molecular flexibility index (Phi) is 4.18. The van der Waals surface area contributed by atoms with E-state index < -0.39 is 5.60 Å². The minimum atomic E-state index is -0.456. The maximum Gasteiger partial charge on any atom is 0.310 e. The van der Waals surface area contributed by atoms with Crippen molar-refractivity contribution in [2.24, 2.45) is 5.16 Å². The zero-order valence-corrected chi connectivity index (χ0v) is 12.6. The van der Waals surface area contributed by atoms with Crippen molar-refractivity contribution < 1.29 is 14.4 Å². The molecule has 1 aromatic carbocycles. The second-order valence-corrected chi connectivity index (χ2v) is 6.09. The van der Waals surface area contributed by atoms with Gasteiger partial charge in [-0.05, 0) is 44.1 Å². The molecule has 0 spiro atoms. The lowest BCUT2D eigenvalue weighted by Crippen LogP contribution is -2.24. The molecule has 0 unspecified atom stereocenters. The molecule has 0 atom stereocenters. The van der Waals surface area contributed by atoms with Crippen LogP contribution in [0, 0.1) is 0 Å². The maximum absolute atomic E-state index is 11.7. The molecule has 0 fully saturated rings. The van der Waals surface area contributed by atoms with Crippen LogP contribution in [0.15, 0.2) is 29.4 Å². The average Bonchev–Trinajstić information content (AvgIpc) is 2.74. The van der Waals surface area contributed by atoms with Crippen LogP contribution in [-0.2, 0) is 20.8 Å². The van der Waals surface area contributed by atoms with Crippen molar-refractivity contribution in [2.75, 3.05) is 0 Å². The van der Waals surface area contributed by atoms with E-state index in [9.17, 15) is 4.79 Å². The lowest BCUT2D eigenvalue weighted by Gasteiger charge is -2.19. The molecule has 0 aromatic heterocycles. The van der Waals surface area contributed by atoms with Crippen LogP contribution in [0.1, 0.15) is 38.3 Å². The number of thiocarbonyl (C=S) groups is 1. The number of carbonyl (C=O) groups is 1. The molecule has 1 aliphatic rings. The van der Waals surface area contributed by atoms with Crippen LogP contribution in [0.5, 0.6) is 0 Å². The van der Waals surface area contributed by atoms with E-state index in [1.807, 2.05) is 45.0 Å². The van der Waals surface area contributed by atoms with Crippen LogP contribution < -0.4 is 0 Å². The van der Waals surface area contributed by atoms with Crippen molar-refractivity contribution in [2.45, 2.75) is 39.2 Å². The Morgan fingerprint density at radius 3 is 2.50 bits per heavy atom. The second-order valence-electron chi connectivity index (χ2n) is 5.64. The van der Waals surface area contributed by atoms with E-state index in [4.69, 9.17) is 21.8 Å². The third-order valence-corrected chi connectivity index (χ3v) is 2.84. The Morgan fingerprint density at radius 2 is 2.00 bits per heavy atom. The summed E-state index contributed by atoms with van der Waals surface area (Å²) in [6.45, 7) is 5.57. The van der Waals surface area contributed by atoms with Gasteiger partial charge in [0.05, 0.1) is 18.6 Å². The highest BCUT2D eigenvalue weighted by atomic mass is 32.1. The topological polar surface area (TPSA) is 47.9 Å². The van der Waals surface area contributed by atoms with Gasteiger partial charge in [-0.3, -0.25) is 4.79 Å². The first-order chi connectivity index (χ1) is 9.33. The van der Waals surface area contributed by atoms with Gasteiger partial charge in [-0.2, -0.15) is 0 Å². The smallest absolute Gasteiger partial charge is 0.310 e. The molecule has 20 heavy (non-hydrogen) atoms. The molecule has 1 aromatic rings. The van der Waals surface area contributed by atoms with E-state index in [2.05, 4.69) is 5.16 Å². The zero-order valence-electron chi connectivity index (χ0n) is 11.8. The summed E-state index contributed by atoms with van der Waals surface area (Å²) in [6, 6.07) is 7.61. The summed E-state index contributed by atoms with van der Waals surface area (Å²) in [5, 5.41) is 4.39. The van der Waals surface area contributed by atoms with Crippen molar-refractivity contribution in [3.05, 3.63) is 35.4 Å². The van der Waals surface area contributed by atoms with Gasteiger partial charge in [0.25, 0.3) is 0 Å². The summed E-state index contributed by atoms with van der Waals surface area (Å²) in [4.78, 5) is 16.6. The second kappa shape index (κ2) is 5.71. The van der Waals surface area contributed by atoms with Crippen LogP contribution in [-0.4, -0.2) is 22.3 Å². The Bertz CT molecular complexity index is 555. The third-order valence-electron chi connectivity index (χ3n) is 2.63. The number of carbonyl (C=O) groups excluding carboxylic acids is 1. The summed E-state index contributed by atoms with van der Waals surface area (Å²) < 4.78 is 5.29. The van der Waals surface area contributed by atoms with E-state index >= 15 is 0 Å². The Morgan fingerprint density at radius 1 is 1.35 bits per heavy atom. The molecule has 0 saturated carbocycles. The van der Waals surface area contributed by atoms with Crippen molar-refractivity contribution >= 4 is 28.9 Å². The summed E-state index contributed by atoms with van der Waals surface area (Å²) in [6.07, 6.45) is 0.819. The van der Waals surface area contributed by atoms with Crippen LogP contribution in [0.2, 0.25) is 0 Å². The van der Waals surface area contributed by atoms with Gasteiger partial charge in [-0.15, -0.1) is 0 Å². The fourth-order valence-electron chi connectivity index (χ4n) is 1.82. The van der Waals surface area contributed by atoms with Crippen molar-refractivity contribution in [1.29, 1.82) is 0 Å². The van der Waals surface area contributed by atoms with Crippen LogP contribution in [0.25, 0.3) is 0 Å². The number of hydrogen-bond donors (Lipinski definition) is 0. The summed E-state index contributed by atoms with van der Waals surface area (Å²) >= 11 is 4.93. The van der Waals surface area contributed by atoms with E-state index in [1.165, 1.54) is 0 Å². The quantitative estimate of drug-likeness (QED) is 0.634. The van der Waals surface area contributed by atoms with Gasteiger partial charge in [-0.1, -0.05) is 29.4 Å². The molecule has 0 bridgehead atoms. The molecule has 0 radical (unpaired) electrons. The Hall–Kier alpha value is -1.75. The van der Waals surface area contributed by atoms with Gasteiger partial charge in [0, 0.05) is 0 Å². The first-order valence-corrected chi connectivity index (χ1v) is 6.82. The molecule has 106 valence electrons. The lowest BCUT2D eigenvalue weighted by atomic mass is 10.0. The molecular formula is C15H17NO3S. The molecule has 4 nitrogen and oxygen atoms in total.